The maximum atomic E-state index is 11.2. The van der Waals surface area contributed by atoms with Gasteiger partial charge < -0.3 is 11.1 Å². The van der Waals surface area contributed by atoms with E-state index in [4.69, 9.17) is 10.7 Å². The van der Waals surface area contributed by atoms with E-state index in [9.17, 15) is 4.79 Å². The number of primary amides is 1. The third-order valence-electron chi connectivity index (χ3n) is 5.16. The molecule has 0 aliphatic carbocycles. The lowest BCUT2D eigenvalue weighted by Gasteiger charge is -2.14. The Balaban J connectivity index is 1.66. The van der Waals surface area contributed by atoms with Gasteiger partial charge in [-0.2, -0.15) is 0 Å². The molecule has 2 aromatic carbocycles. The second kappa shape index (κ2) is 7.95. The maximum absolute atomic E-state index is 11.2. The van der Waals surface area contributed by atoms with Gasteiger partial charge in [-0.15, -0.1) is 0 Å². The number of hydrogen-bond acceptors (Lipinski definition) is 4. The van der Waals surface area contributed by atoms with Crippen molar-refractivity contribution in [3.63, 3.8) is 0 Å². The number of nitrogens with zero attached hydrogens (tertiary/aromatic N) is 2. The minimum atomic E-state index is -0.526. The zero-order valence-corrected chi connectivity index (χ0v) is 17.4. The predicted molar refractivity (Wildman–Crippen MR) is 122 cm³/mol. The van der Waals surface area contributed by atoms with Crippen LogP contribution >= 0.6 is 0 Å². The van der Waals surface area contributed by atoms with Crippen LogP contribution in [0.2, 0.25) is 0 Å². The Hall–Kier alpha value is -3.73. The number of rotatable bonds is 5. The lowest BCUT2D eigenvalue weighted by atomic mass is 10.0. The Morgan fingerprint density at radius 2 is 1.73 bits per heavy atom. The van der Waals surface area contributed by atoms with E-state index in [1.807, 2.05) is 37.3 Å². The van der Waals surface area contributed by atoms with Gasteiger partial charge in [0.1, 0.15) is 5.69 Å². The highest BCUT2D eigenvalue weighted by molar-refractivity contribution is 5.95. The summed E-state index contributed by atoms with van der Waals surface area (Å²) in [5.41, 5.74) is 14.1. The molecule has 0 spiro atoms. The van der Waals surface area contributed by atoms with E-state index in [1.54, 1.807) is 12.3 Å². The first kappa shape index (κ1) is 19.6. The molecule has 0 bridgehead atoms. The van der Waals surface area contributed by atoms with Gasteiger partial charge in [-0.05, 0) is 61.7 Å². The van der Waals surface area contributed by atoms with E-state index in [-0.39, 0.29) is 5.69 Å². The molecular formula is C25H24N4O. The van der Waals surface area contributed by atoms with Crippen LogP contribution in [0, 0.1) is 13.8 Å². The average molecular weight is 396 g/mol. The Kier molecular flexibility index (Phi) is 5.19. The van der Waals surface area contributed by atoms with Gasteiger partial charge in [-0.1, -0.05) is 36.8 Å². The molecule has 0 aliphatic rings. The van der Waals surface area contributed by atoms with Crippen molar-refractivity contribution in [1.29, 1.82) is 0 Å². The number of fused-ring (bicyclic) bond motifs is 1. The van der Waals surface area contributed by atoms with Gasteiger partial charge in [-0.25, -0.2) is 0 Å². The van der Waals surface area contributed by atoms with E-state index < -0.39 is 5.91 Å². The summed E-state index contributed by atoms with van der Waals surface area (Å²) in [4.78, 5) is 20.1. The van der Waals surface area contributed by atoms with Crippen LogP contribution in [0.5, 0.6) is 0 Å². The van der Waals surface area contributed by atoms with E-state index in [0.717, 1.165) is 45.5 Å². The van der Waals surface area contributed by atoms with Crippen molar-refractivity contribution < 1.29 is 4.79 Å². The fourth-order valence-corrected chi connectivity index (χ4v) is 3.67. The first-order chi connectivity index (χ1) is 14.4. The smallest absolute Gasteiger partial charge is 0.267 e. The SMILES string of the molecule is CCc1cc(C)cc2c(Nc3ccc(-c4ccc(C(N)=O)nc4)cc3)cc(C)nc12. The lowest BCUT2D eigenvalue weighted by molar-refractivity contribution is 0.0995. The van der Waals surface area contributed by atoms with Crippen molar-refractivity contribution in [3.05, 3.63) is 83.3 Å². The molecule has 4 rings (SSSR count). The van der Waals surface area contributed by atoms with Crippen LogP contribution in [0.3, 0.4) is 0 Å². The van der Waals surface area contributed by atoms with Crippen LogP contribution in [0.4, 0.5) is 11.4 Å². The number of nitrogens with one attached hydrogen (secondary N) is 1. The average Bonchev–Trinajstić information content (AvgIpc) is 2.74. The molecule has 5 nitrogen and oxygen atoms in total. The second-order valence-electron chi connectivity index (χ2n) is 7.48. The summed E-state index contributed by atoms with van der Waals surface area (Å²) in [6.07, 6.45) is 2.61. The molecule has 0 radical (unpaired) electrons. The predicted octanol–water partition coefficient (Wildman–Crippen LogP) is 5.32. The number of pyridine rings is 2. The van der Waals surface area contributed by atoms with Gasteiger partial charge in [-0.3, -0.25) is 14.8 Å². The minimum Gasteiger partial charge on any atom is -0.364 e. The maximum Gasteiger partial charge on any atom is 0.267 e. The first-order valence-corrected chi connectivity index (χ1v) is 9.99. The Morgan fingerprint density at radius 3 is 2.37 bits per heavy atom. The van der Waals surface area contributed by atoms with Crippen molar-refractivity contribution in [2.24, 2.45) is 5.73 Å². The first-order valence-electron chi connectivity index (χ1n) is 9.99. The third kappa shape index (κ3) is 3.87. The van der Waals surface area contributed by atoms with Crippen molar-refractivity contribution in [1.82, 2.24) is 9.97 Å². The largest absolute Gasteiger partial charge is 0.364 e. The molecule has 0 saturated carbocycles. The topological polar surface area (TPSA) is 80.9 Å². The summed E-state index contributed by atoms with van der Waals surface area (Å²) >= 11 is 0. The number of benzene rings is 2. The van der Waals surface area contributed by atoms with Crippen molar-refractivity contribution in [2.45, 2.75) is 27.2 Å². The van der Waals surface area contributed by atoms with Gasteiger partial charge >= 0.3 is 0 Å². The number of nitrogens with two attached hydrogens (primary N) is 1. The summed E-state index contributed by atoms with van der Waals surface area (Å²) < 4.78 is 0. The number of carbonyl (C=O) groups is 1. The summed E-state index contributed by atoms with van der Waals surface area (Å²) in [6.45, 7) is 6.30. The van der Waals surface area contributed by atoms with Crippen LogP contribution in [0.15, 0.2) is 60.8 Å². The quantitative estimate of drug-likeness (QED) is 0.478. The molecule has 4 aromatic rings. The number of anilines is 2. The fourth-order valence-electron chi connectivity index (χ4n) is 3.67. The minimum absolute atomic E-state index is 0.263. The number of carbonyl (C=O) groups excluding carboxylic acids is 1. The molecule has 0 atom stereocenters. The highest BCUT2D eigenvalue weighted by atomic mass is 16.1. The van der Waals surface area contributed by atoms with Crippen LogP contribution in [-0.2, 0) is 6.42 Å². The van der Waals surface area contributed by atoms with Crippen LogP contribution in [-0.4, -0.2) is 15.9 Å². The number of aryl methyl sites for hydroxylation is 3. The van der Waals surface area contributed by atoms with E-state index in [2.05, 4.69) is 42.3 Å². The highest BCUT2D eigenvalue weighted by Gasteiger charge is 2.10. The third-order valence-corrected chi connectivity index (χ3v) is 5.16. The Labute approximate surface area is 176 Å². The van der Waals surface area contributed by atoms with Crippen molar-refractivity contribution in [2.75, 3.05) is 5.32 Å². The molecule has 0 fully saturated rings. The molecular weight excluding hydrogens is 372 g/mol. The van der Waals surface area contributed by atoms with Crippen LogP contribution < -0.4 is 11.1 Å². The molecule has 5 heteroatoms. The zero-order valence-electron chi connectivity index (χ0n) is 17.4. The molecule has 1 amide bonds. The van der Waals surface area contributed by atoms with E-state index in [0.29, 0.717) is 0 Å². The Bertz CT molecular complexity index is 1230. The van der Waals surface area contributed by atoms with Gasteiger partial charge in [0.05, 0.1) is 5.52 Å². The van der Waals surface area contributed by atoms with Gasteiger partial charge in [0.25, 0.3) is 5.91 Å². The van der Waals surface area contributed by atoms with Crippen molar-refractivity contribution >= 4 is 28.2 Å². The van der Waals surface area contributed by atoms with Gasteiger partial charge in [0.2, 0.25) is 0 Å². The number of aromatic nitrogens is 2. The molecule has 3 N–H and O–H groups in total. The molecule has 0 saturated heterocycles. The normalized spacial score (nSPS) is 10.9. The molecule has 0 aliphatic heterocycles. The van der Waals surface area contributed by atoms with Crippen LogP contribution in [0.25, 0.3) is 22.0 Å². The van der Waals surface area contributed by atoms with Gasteiger partial charge in [0.15, 0.2) is 0 Å². The summed E-state index contributed by atoms with van der Waals surface area (Å²) in [7, 11) is 0. The highest BCUT2D eigenvalue weighted by Crippen LogP contribution is 2.31. The molecule has 2 heterocycles. The zero-order chi connectivity index (χ0) is 21.3. The molecule has 30 heavy (non-hydrogen) atoms. The lowest BCUT2D eigenvalue weighted by Crippen LogP contribution is -2.12. The van der Waals surface area contributed by atoms with Crippen LogP contribution in [0.1, 0.15) is 34.2 Å². The monoisotopic (exact) mass is 396 g/mol. The summed E-state index contributed by atoms with van der Waals surface area (Å²) in [5, 5.41) is 4.68. The standard InChI is InChI=1S/C25H24N4O/c1-4-17-11-15(2)12-21-23(13-16(3)28-24(17)21)29-20-8-5-18(6-9-20)19-7-10-22(25(26)30)27-14-19/h5-14H,4H2,1-3H3,(H2,26,30)(H,28,29). The summed E-state index contributed by atoms with van der Waals surface area (Å²) in [6, 6.07) is 18.1. The van der Waals surface area contributed by atoms with E-state index in [1.165, 1.54) is 11.1 Å². The number of amides is 1. The Morgan fingerprint density at radius 1 is 1.00 bits per heavy atom. The molecule has 0 unspecified atom stereocenters. The molecule has 2 aromatic heterocycles. The molecule has 150 valence electrons. The van der Waals surface area contributed by atoms with Crippen molar-refractivity contribution in [3.8, 4) is 11.1 Å². The van der Waals surface area contributed by atoms with Gasteiger partial charge in [0, 0.05) is 34.2 Å². The summed E-state index contributed by atoms with van der Waals surface area (Å²) in [5.74, 6) is -0.526. The van der Waals surface area contributed by atoms with E-state index >= 15 is 0 Å². The number of hydrogen-bond donors (Lipinski definition) is 2. The fraction of sp³-hybridized carbons (Fsp3) is 0.160. The second-order valence-corrected chi connectivity index (χ2v) is 7.48.